The number of nitrogens with one attached hydrogen (secondary N) is 1. The first kappa shape index (κ1) is 21.4. The smallest absolute Gasteiger partial charge is 0.314 e. The average molecular weight is 433 g/mol. The molecule has 5 nitrogen and oxygen atoms in total. The zero-order chi connectivity index (χ0) is 21.0. The van der Waals surface area contributed by atoms with Crippen molar-refractivity contribution in [2.24, 2.45) is 5.92 Å². The Morgan fingerprint density at radius 2 is 2.14 bits per heavy atom. The number of nitrogens with zero attached hydrogens (tertiary/aromatic N) is 1. The van der Waals surface area contributed by atoms with E-state index in [0.717, 1.165) is 10.4 Å². The third-order valence-corrected chi connectivity index (χ3v) is 6.71. The number of ether oxygens (including phenoxy) is 1. The molecule has 2 heterocycles. The van der Waals surface area contributed by atoms with Crippen LogP contribution < -0.4 is 5.32 Å². The molecule has 0 amide bonds. The van der Waals surface area contributed by atoms with Crippen LogP contribution >= 0.6 is 23.1 Å². The second-order valence-corrected chi connectivity index (χ2v) is 8.73. The lowest BCUT2D eigenvalue weighted by molar-refractivity contribution is -0.160. The normalized spacial score (nSPS) is 24.0. The molecular weight excluding hydrogens is 411 g/mol. The number of hydrogen-bond acceptors (Lipinski definition) is 7. The number of rotatable bonds is 6. The van der Waals surface area contributed by atoms with Crippen molar-refractivity contribution in [3.05, 3.63) is 68.6 Å². The highest BCUT2D eigenvalue weighted by molar-refractivity contribution is 8.02. The molecule has 0 spiro atoms. The van der Waals surface area contributed by atoms with Crippen LogP contribution in [0, 0.1) is 23.1 Å². The van der Waals surface area contributed by atoms with Crippen molar-refractivity contribution < 1.29 is 19.0 Å². The zero-order valence-electron chi connectivity index (χ0n) is 16.0. The van der Waals surface area contributed by atoms with Gasteiger partial charge in [0.1, 0.15) is 17.5 Å². The van der Waals surface area contributed by atoms with Crippen LogP contribution in [0.15, 0.2) is 52.4 Å². The molecule has 29 heavy (non-hydrogen) atoms. The Kier molecular flexibility index (Phi) is 6.63. The number of thiophene rings is 1. The van der Waals surface area contributed by atoms with Gasteiger partial charge < -0.3 is 15.2 Å². The lowest BCUT2D eigenvalue weighted by atomic mass is 9.76. The van der Waals surface area contributed by atoms with Gasteiger partial charge in [0.05, 0.1) is 23.3 Å². The largest absolute Gasteiger partial charge is 0.466 e. The number of hydrogen-bond donors (Lipinski definition) is 2. The molecule has 3 atom stereocenters. The van der Waals surface area contributed by atoms with Gasteiger partial charge in [-0.25, -0.2) is 4.39 Å². The lowest BCUT2D eigenvalue weighted by Crippen LogP contribution is -2.56. The fourth-order valence-electron chi connectivity index (χ4n) is 3.35. The molecule has 3 rings (SSSR count). The molecule has 1 aliphatic rings. The summed E-state index contributed by atoms with van der Waals surface area (Å²) in [6.45, 7) is 3.40. The van der Waals surface area contributed by atoms with Crippen LogP contribution in [0.1, 0.15) is 30.2 Å². The Morgan fingerprint density at radius 1 is 1.41 bits per heavy atom. The van der Waals surface area contributed by atoms with E-state index in [1.54, 1.807) is 19.1 Å². The number of carbonyl (C=O) groups excluding carboxylic acids is 1. The minimum atomic E-state index is -1.60. The van der Waals surface area contributed by atoms with Gasteiger partial charge in [0, 0.05) is 16.5 Å². The molecular formula is C21H21FN2O3S2. The highest BCUT2D eigenvalue weighted by atomic mass is 32.2. The van der Waals surface area contributed by atoms with Crippen LogP contribution in [0.4, 0.5) is 4.39 Å². The predicted octanol–water partition coefficient (Wildman–Crippen LogP) is 4.13. The Labute approximate surface area is 177 Å². The summed E-state index contributed by atoms with van der Waals surface area (Å²) in [5.41, 5.74) is -0.348. The van der Waals surface area contributed by atoms with Gasteiger partial charge >= 0.3 is 5.97 Å². The molecule has 0 unspecified atom stereocenters. The summed E-state index contributed by atoms with van der Waals surface area (Å²) < 4.78 is 18.3. The molecule has 0 fully saturated rings. The van der Waals surface area contributed by atoms with Gasteiger partial charge in [-0.2, -0.15) is 5.26 Å². The predicted molar refractivity (Wildman–Crippen MR) is 111 cm³/mol. The van der Waals surface area contributed by atoms with Gasteiger partial charge in [0.2, 0.25) is 0 Å². The summed E-state index contributed by atoms with van der Waals surface area (Å²) in [7, 11) is 0. The monoisotopic (exact) mass is 432 g/mol. The summed E-state index contributed by atoms with van der Waals surface area (Å²) in [6.07, 6.45) is 0. The molecule has 2 aromatic rings. The van der Waals surface area contributed by atoms with Gasteiger partial charge in [-0.05, 0) is 43.0 Å². The van der Waals surface area contributed by atoms with Crippen molar-refractivity contribution in [1.29, 1.82) is 5.26 Å². The maximum Gasteiger partial charge on any atom is 0.314 e. The van der Waals surface area contributed by atoms with Crippen LogP contribution in [0.25, 0.3) is 0 Å². The van der Waals surface area contributed by atoms with Crippen LogP contribution in [0.5, 0.6) is 0 Å². The van der Waals surface area contributed by atoms with E-state index in [1.165, 1.54) is 42.2 Å². The van der Waals surface area contributed by atoms with E-state index in [1.807, 2.05) is 17.5 Å². The maximum atomic E-state index is 13.1. The number of carbonyl (C=O) groups is 1. The van der Waals surface area contributed by atoms with Gasteiger partial charge in [-0.3, -0.25) is 4.79 Å². The molecule has 0 aliphatic carbocycles. The number of esters is 1. The Bertz CT molecular complexity index is 934. The number of thioether (sulfide) groups is 1. The first-order chi connectivity index (χ1) is 13.9. The third-order valence-electron chi connectivity index (χ3n) is 4.67. The van der Waals surface area contributed by atoms with E-state index < -0.39 is 23.5 Å². The minimum Gasteiger partial charge on any atom is -0.466 e. The second kappa shape index (κ2) is 8.99. The maximum absolute atomic E-state index is 13.1. The number of aliphatic hydroxyl groups is 1. The van der Waals surface area contributed by atoms with E-state index in [0.29, 0.717) is 16.4 Å². The number of allylic oxidation sites excluding steroid dienone is 1. The third kappa shape index (κ3) is 4.64. The van der Waals surface area contributed by atoms with Gasteiger partial charge in [0.25, 0.3) is 0 Å². The van der Waals surface area contributed by atoms with Gasteiger partial charge in [0.15, 0.2) is 0 Å². The lowest BCUT2D eigenvalue weighted by Gasteiger charge is -2.42. The fraction of sp³-hybridized carbons (Fsp3) is 0.333. The van der Waals surface area contributed by atoms with E-state index in [4.69, 9.17) is 4.74 Å². The van der Waals surface area contributed by atoms with Crippen molar-refractivity contribution in [1.82, 2.24) is 5.32 Å². The summed E-state index contributed by atoms with van der Waals surface area (Å²) in [5.74, 6) is -1.98. The van der Waals surface area contributed by atoms with Gasteiger partial charge in [-0.1, -0.05) is 18.2 Å². The highest BCUT2D eigenvalue weighted by Crippen LogP contribution is 2.46. The van der Waals surface area contributed by atoms with E-state index in [-0.39, 0.29) is 12.4 Å². The van der Waals surface area contributed by atoms with Crippen molar-refractivity contribution in [3.8, 4) is 6.07 Å². The van der Waals surface area contributed by atoms with Crippen molar-refractivity contribution in [3.63, 3.8) is 0 Å². The summed E-state index contributed by atoms with van der Waals surface area (Å²) in [6, 6.07) is 12.0. The summed E-state index contributed by atoms with van der Waals surface area (Å²) in [4.78, 5) is 13.5. The van der Waals surface area contributed by atoms with Crippen molar-refractivity contribution in [2.45, 2.75) is 31.2 Å². The van der Waals surface area contributed by atoms with Crippen LogP contribution in [-0.4, -0.2) is 23.4 Å². The van der Waals surface area contributed by atoms with E-state index in [9.17, 15) is 19.6 Å². The summed E-state index contributed by atoms with van der Waals surface area (Å²) in [5, 5.41) is 26.4. The number of benzene rings is 1. The minimum absolute atomic E-state index is 0.181. The molecule has 152 valence electrons. The quantitative estimate of drug-likeness (QED) is 0.668. The van der Waals surface area contributed by atoms with Crippen LogP contribution in [0.3, 0.4) is 0 Å². The SMILES string of the molecule is CCOC(=O)[C@@H]1[C@H](c2cccs2)C(C#N)=C(SCc2ccc(F)cc2)N[C@@]1(C)O. The number of nitriles is 1. The molecule has 0 saturated heterocycles. The van der Waals surface area contributed by atoms with E-state index >= 15 is 0 Å². The van der Waals surface area contributed by atoms with Crippen molar-refractivity contribution in [2.75, 3.05) is 6.61 Å². The van der Waals surface area contributed by atoms with Crippen molar-refractivity contribution >= 4 is 29.1 Å². The Balaban J connectivity index is 2.00. The van der Waals surface area contributed by atoms with Crippen LogP contribution in [-0.2, 0) is 15.3 Å². The standard InChI is InChI=1S/C21H21FN2O3S2/c1-3-27-20(25)18-17(16-5-4-10-28-16)15(11-23)19(24-21(18,2)26)29-12-13-6-8-14(22)9-7-13/h4-10,17-18,24,26H,3,12H2,1-2H3/t17-,18-,21-/m0/s1. The Morgan fingerprint density at radius 3 is 2.72 bits per heavy atom. The summed E-state index contributed by atoms with van der Waals surface area (Å²) >= 11 is 2.76. The average Bonchev–Trinajstić information content (AvgIpc) is 3.21. The topological polar surface area (TPSA) is 82.4 Å². The first-order valence-corrected chi connectivity index (χ1v) is 11.0. The molecule has 2 N–H and O–H groups in total. The molecule has 1 aromatic heterocycles. The second-order valence-electron chi connectivity index (χ2n) is 6.77. The molecule has 0 bridgehead atoms. The number of halogens is 1. The van der Waals surface area contributed by atoms with Gasteiger partial charge in [-0.15, -0.1) is 23.1 Å². The molecule has 1 aromatic carbocycles. The van der Waals surface area contributed by atoms with Crippen LogP contribution in [0.2, 0.25) is 0 Å². The zero-order valence-corrected chi connectivity index (χ0v) is 17.6. The molecule has 0 saturated carbocycles. The molecule has 8 heteroatoms. The first-order valence-electron chi connectivity index (χ1n) is 9.09. The molecule has 1 aliphatic heterocycles. The fourth-order valence-corrected chi connectivity index (χ4v) is 5.33. The molecule has 0 radical (unpaired) electrons. The van der Waals surface area contributed by atoms with E-state index in [2.05, 4.69) is 11.4 Å². The Hall–Kier alpha value is -2.34. The highest BCUT2D eigenvalue weighted by Gasteiger charge is 2.51.